The fourth-order valence-corrected chi connectivity index (χ4v) is 6.48. The van der Waals surface area contributed by atoms with Crippen molar-refractivity contribution in [3.8, 4) is 16.9 Å². The van der Waals surface area contributed by atoms with E-state index in [1.54, 1.807) is 0 Å². The number of nitrogens with zero attached hydrogens (tertiary/aromatic N) is 2. The van der Waals surface area contributed by atoms with Crippen LogP contribution in [0.3, 0.4) is 0 Å². The minimum absolute atomic E-state index is 0. The highest BCUT2D eigenvalue weighted by Crippen LogP contribution is 2.39. The number of benzene rings is 3. The van der Waals surface area contributed by atoms with Crippen LogP contribution in [0.2, 0.25) is 0 Å². The number of aryl methyl sites for hydroxylation is 3. The summed E-state index contributed by atoms with van der Waals surface area (Å²) in [5.41, 5.74) is 6.83. The van der Waals surface area contributed by atoms with Gasteiger partial charge in [-0.05, 0) is 49.6 Å². The lowest BCUT2D eigenvalue weighted by Gasteiger charge is -2.13. The van der Waals surface area contributed by atoms with E-state index >= 15 is 0 Å². The van der Waals surface area contributed by atoms with E-state index in [0.717, 1.165) is 86.5 Å². The first-order valence-corrected chi connectivity index (χ1v) is 15.9. The molecule has 0 atom stereocenters. The summed E-state index contributed by atoms with van der Waals surface area (Å²) in [7, 11) is 0. The normalized spacial score (nSPS) is 13.3. The lowest BCUT2D eigenvalue weighted by Crippen LogP contribution is -2.15. The third-order valence-electron chi connectivity index (χ3n) is 7.92. The van der Waals surface area contributed by atoms with E-state index in [9.17, 15) is 4.79 Å². The Balaban J connectivity index is 0.00000368. The quantitative estimate of drug-likeness (QED) is 0.0992. The molecule has 43 heavy (non-hydrogen) atoms. The number of alkyl halides is 1. The molecule has 0 saturated heterocycles. The summed E-state index contributed by atoms with van der Waals surface area (Å²) < 4.78 is 20.2. The maximum Gasteiger partial charge on any atom is 0.355 e. The number of nitrogens with one attached hydrogen (secondary N) is 1. The molecule has 0 saturated carbocycles. The second-order valence-corrected chi connectivity index (χ2v) is 11.3. The number of hydrogen-bond donors (Lipinski definition) is 1. The molecule has 1 N–H and O–H groups in total. The highest BCUT2D eigenvalue weighted by Gasteiger charge is 2.27. The predicted molar refractivity (Wildman–Crippen MR) is 176 cm³/mol. The van der Waals surface area contributed by atoms with Gasteiger partial charge in [0.1, 0.15) is 11.4 Å². The van der Waals surface area contributed by atoms with Crippen LogP contribution in [0.5, 0.6) is 5.75 Å². The van der Waals surface area contributed by atoms with Crippen LogP contribution in [-0.4, -0.2) is 45.9 Å². The summed E-state index contributed by atoms with van der Waals surface area (Å²) in [6.07, 6.45) is 4.04. The molecule has 0 fully saturated rings. The van der Waals surface area contributed by atoms with E-state index in [4.69, 9.17) is 14.2 Å². The molecular weight excluding hydrogens is 606 g/mol. The zero-order valence-electron chi connectivity index (χ0n) is 24.0. The lowest BCUT2D eigenvalue weighted by molar-refractivity contribution is 0.0512. The number of aromatic nitrogens is 3. The summed E-state index contributed by atoms with van der Waals surface area (Å²) in [6, 6.07) is 20.8. The number of carbonyl (C=O) groups excluding carboxylic acids is 1. The Bertz CT molecular complexity index is 1700. The van der Waals surface area contributed by atoms with Crippen molar-refractivity contribution in [1.82, 2.24) is 14.8 Å². The Kier molecular flexibility index (Phi) is 10.2. The van der Waals surface area contributed by atoms with Crippen molar-refractivity contribution in [3.63, 3.8) is 0 Å². The van der Waals surface area contributed by atoms with Gasteiger partial charge in [-0.3, -0.25) is 5.10 Å². The van der Waals surface area contributed by atoms with Gasteiger partial charge in [0, 0.05) is 46.8 Å². The van der Waals surface area contributed by atoms with Crippen LogP contribution >= 0.6 is 15.9 Å². The monoisotopic (exact) mass is 645 g/mol. The first kappa shape index (κ1) is 30.8. The molecule has 1 aliphatic heterocycles. The van der Waals surface area contributed by atoms with Crippen LogP contribution in [-0.2, 0) is 35.5 Å². The average Bonchev–Trinajstić information content (AvgIpc) is 3.54. The van der Waals surface area contributed by atoms with Crippen LogP contribution in [0.1, 0.15) is 61.1 Å². The molecule has 6 rings (SSSR count). The number of aromatic amines is 1. The number of carbonyl (C=O) groups is 1. The summed E-state index contributed by atoms with van der Waals surface area (Å²) >= 11 is 3.60. The molecule has 7 nitrogen and oxygen atoms in total. The molecule has 0 spiro atoms. The van der Waals surface area contributed by atoms with Crippen molar-refractivity contribution in [3.05, 3.63) is 83.3 Å². The first-order chi connectivity index (χ1) is 20.7. The maximum absolute atomic E-state index is 13.6. The molecule has 2 aromatic heterocycles. The Labute approximate surface area is 261 Å². The number of halogens is 1. The minimum atomic E-state index is -0.274. The van der Waals surface area contributed by atoms with Crippen LogP contribution < -0.4 is 4.74 Å². The number of rotatable bonds is 9. The molecule has 0 bridgehead atoms. The molecule has 0 unspecified atom stereocenters. The first-order valence-electron chi connectivity index (χ1n) is 14.8. The van der Waals surface area contributed by atoms with Crippen LogP contribution in [0.15, 0.2) is 60.7 Å². The highest BCUT2D eigenvalue weighted by atomic mass is 79.9. The van der Waals surface area contributed by atoms with E-state index in [2.05, 4.69) is 67.1 Å². The summed E-state index contributed by atoms with van der Waals surface area (Å²) in [5, 5.41) is 12.1. The number of ether oxygens (including phenoxy) is 3. The van der Waals surface area contributed by atoms with Crippen LogP contribution in [0.4, 0.5) is 0 Å². The maximum atomic E-state index is 13.6. The lowest BCUT2D eigenvalue weighted by atomic mass is 9.97. The third kappa shape index (κ3) is 6.22. The molecule has 3 aromatic carbocycles. The molecule has 0 radical (unpaired) electrons. The highest BCUT2D eigenvalue weighted by molar-refractivity contribution is 9.09. The molecule has 5 aromatic rings. The zero-order valence-corrected chi connectivity index (χ0v) is 25.5. The Morgan fingerprint density at radius 2 is 1.86 bits per heavy atom. The van der Waals surface area contributed by atoms with Crippen molar-refractivity contribution >= 4 is 43.6 Å². The second-order valence-electron chi connectivity index (χ2n) is 10.6. The van der Waals surface area contributed by atoms with Gasteiger partial charge in [-0.15, -0.1) is 0 Å². The Morgan fingerprint density at radius 1 is 1.05 bits per heavy atom. The van der Waals surface area contributed by atoms with Crippen molar-refractivity contribution in [2.75, 3.05) is 25.2 Å². The van der Waals surface area contributed by atoms with E-state index < -0.39 is 0 Å². The predicted octanol–water partition coefficient (Wildman–Crippen LogP) is 8.26. The standard InChI is InChI=1S/C34H36BrN3O4.CH4/c1-2-41-34(39)33-26(15-9-21-42-30-16-7-11-23-10-3-4-12-24(23)30)25-13-8-14-27-31-28(17-18-35)36-37-29(31)22-40-20-6-5-19-38(33)32(25)27;/h3-4,7-8,10-14,16H,2,5-6,9,15,17-22H2,1H3,(H,36,37);1H4. The fourth-order valence-electron chi connectivity index (χ4n) is 6.11. The largest absolute Gasteiger partial charge is 0.493 e. The van der Waals surface area contributed by atoms with Gasteiger partial charge in [0.05, 0.1) is 36.7 Å². The average molecular weight is 647 g/mol. The van der Waals surface area contributed by atoms with Crippen molar-refractivity contribution in [2.45, 2.75) is 59.6 Å². The molecule has 8 heteroatoms. The summed E-state index contributed by atoms with van der Waals surface area (Å²) in [6.45, 7) is 4.56. The van der Waals surface area contributed by atoms with Gasteiger partial charge in [0.15, 0.2) is 0 Å². The minimum Gasteiger partial charge on any atom is -0.493 e. The van der Waals surface area contributed by atoms with Gasteiger partial charge < -0.3 is 18.8 Å². The molecule has 226 valence electrons. The molecule has 0 aliphatic carbocycles. The number of hydrogen-bond acceptors (Lipinski definition) is 5. The van der Waals surface area contributed by atoms with Crippen LogP contribution in [0, 0.1) is 0 Å². The molecule has 0 amide bonds. The van der Waals surface area contributed by atoms with Gasteiger partial charge in [-0.1, -0.05) is 78.0 Å². The number of esters is 1. The van der Waals surface area contributed by atoms with Gasteiger partial charge in [0.2, 0.25) is 0 Å². The van der Waals surface area contributed by atoms with Gasteiger partial charge in [0.25, 0.3) is 0 Å². The van der Waals surface area contributed by atoms with Crippen molar-refractivity contribution < 1.29 is 19.0 Å². The smallest absolute Gasteiger partial charge is 0.355 e. The van der Waals surface area contributed by atoms with E-state index in [1.807, 2.05) is 31.2 Å². The van der Waals surface area contributed by atoms with Gasteiger partial charge in [-0.2, -0.15) is 5.10 Å². The molecule has 1 aliphatic rings. The van der Waals surface area contributed by atoms with E-state index in [0.29, 0.717) is 45.1 Å². The second kappa shape index (κ2) is 14.2. The van der Waals surface area contributed by atoms with Gasteiger partial charge in [-0.25, -0.2) is 4.79 Å². The Morgan fingerprint density at radius 3 is 2.72 bits per heavy atom. The van der Waals surface area contributed by atoms with Crippen molar-refractivity contribution in [2.24, 2.45) is 0 Å². The number of H-pyrrole nitrogens is 1. The third-order valence-corrected chi connectivity index (χ3v) is 8.31. The molecule has 3 heterocycles. The van der Waals surface area contributed by atoms with Gasteiger partial charge >= 0.3 is 5.97 Å². The topological polar surface area (TPSA) is 78.4 Å². The van der Waals surface area contributed by atoms with Crippen molar-refractivity contribution in [1.29, 1.82) is 0 Å². The Hall–Kier alpha value is -3.62. The number of para-hydroxylation sites is 1. The van der Waals surface area contributed by atoms with Crippen LogP contribution in [0.25, 0.3) is 32.8 Å². The van der Waals surface area contributed by atoms with E-state index in [1.165, 1.54) is 0 Å². The number of fused-ring (bicyclic) bond motifs is 3. The zero-order chi connectivity index (χ0) is 28.9. The fraction of sp³-hybridized carbons (Fsp3) is 0.371. The summed E-state index contributed by atoms with van der Waals surface area (Å²) in [4.78, 5) is 13.6. The molecular formula is C35H40BrN3O4. The summed E-state index contributed by atoms with van der Waals surface area (Å²) in [5.74, 6) is 0.607. The van der Waals surface area contributed by atoms with E-state index in [-0.39, 0.29) is 13.4 Å². The SMILES string of the molecule is C.CCOC(=O)c1c(CCCOc2cccc3ccccc23)c2cccc3c2n1CCCCOCc1[nH]nc(CCBr)c1-3.